The average molecular weight is 691 g/mol. The molecule has 1 atom stereocenters. The molecule has 4 rings (SSSR count). The maximum atomic E-state index is 14.4. The third-order valence-corrected chi connectivity index (χ3v) is 10.6. The molecule has 0 heterocycles. The molecular weight excluding hydrogens is 649 g/mol. The van der Waals surface area contributed by atoms with Crippen molar-refractivity contribution in [2.75, 3.05) is 25.1 Å². The number of nitrogens with one attached hydrogen (secondary N) is 1. The second kappa shape index (κ2) is 15.9. The highest BCUT2D eigenvalue weighted by Gasteiger charge is 2.35. The molecule has 0 aromatic heterocycles. The van der Waals surface area contributed by atoms with Crippen LogP contribution in [0.5, 0.6) is 11.5 Å². The van der Waals surface area contributed by atoms with E-state index in [1.165, 1.54) is 37.3 Å². The van der Waals surface area contributed by atoms with Crippen LogP contribution < -0.4 is 19.1 Å². The minimum absolute atomic E-state index is 0.00932. The first kappa shape index (κ1) is 35.4. The number of carbonyl (C=O) groups is 2. The molecule has 1 N–H and O–H groups in total. The van der Waals surface area contributed by atoms with E-state index < -0.39 is 28.5 Å². The van der Waals surface area contributed by atoms with Crippen LogP contribution in [-0.2, 0) is 26.2 Å². The number of hydrogen-bond donors (Lipinski definition) is 1. The number of rotatable bonds is 13. The van der Waals surface area contributed by atoms with Gasteiger partial charge >= 0.3 is 0 Å². The minimum atomic E-state index is -4.26. The highest BCUT2D eigenvalue weighted by molar-refractivity contribution is 7.92. The molecule has 1 aliphatic rings. The Balaban J connectivity index is 1.77. The molecule has 9 nitrogen and oxygen atoms in total. The van der Waals surface area contributed by atoms with Gasteiger partial charge in [-0.2, -0.15) is 0 Å². The van der Waals surface area contributed by atoms with E-state index in [4.69, 9.17) is 32.7 Å². The molecule has 0 aliphatic heterocycles. The predicted octanol–water partition coefficient (Wildman–Crippen LogP) is 6.77. The number of nitrogens with zero attached hydrogens (tertiary/aromatic N) is 2. The van der Waals surface area contributed by atoms with E-state index in [-0.39, 0.29) is 29.1 Å². The Bertz CT molecular complexity index is 1630. The first-order valence-electron chi connectivity index (χ1n) is 15.3. The van der Waals surface area contributed by atoms with Gasteiger partial charge in [-0.3, -0.25) is 13.9 Å². The van der Waals surface area contributed by atoms with Crippen LogP contribution in [0.25, 0.3) is 0 Å². The Labute approximate surface area is 281 Å². The summed E-state index contributed by atoms with van der Waals surface area (Å²) in [5.41, 5.74) is 1.65. The van der Waals surface area contributed by atoms with Gasteiger partial charge in [0.15, 0.2) is 11.5 Å². The largest absolute Gasteiger partial charge is 0.493 e. The number of halogens is 2. The molecule has 1 saturated carbocycles. The van der Waals surface area contributed by atoms with Crippen LogP contribution in [0.1, 0.15) is 56.6 Å². The van der Waals surface area contributed by atoms with Crippen molar-refractivity contribution in [3.05, 3.63) is 81.8 Å². The van der Waals surface area contributed by atoms with Crippen molar-refractivity contribution in [2.24, 2.45) is 0 Å². The zero-order valence-corrected chi connectivity index (χ0v) is 28.9. The van der Waals surface area contributed by atoms with E-state index in [9.17, 15) is 18.0 Å². The third-order valence-electron chi connectivity index (χ3n) is 8.24. The molecule has 0 spiro atoms. The molecule has 0 radical (unpaired) electrons. The zero-order chi connectivity index (χ0) is 33.4. The maximum absolute atomic E-state index is 14.4. The molecule has 0 bridgehead atoms. The van der Waals surface area contributed by atoms with Gasteiger partial charge in [-0.05, 0) is 68.1 Å². The fourth-order valence-electron chi connectivity index (χ4n) is 5.64. The highest BCUT2D eigenvalue weighted by atomic mass is 35.5. The number of amides is 2. The lowest BCUT2D eigenvalue weighted by Gasteiger charge is -2.34. The first-order chi connectivity index (χ1) is 22.0. The SMILES string of the molecule is CC[C@@H](C(=O)NC1CCCCC1)N(Cc1ccc(Cl)cc1Cl)C(=O)CN(c1ccc(OC)c(OC)c1)S(=O)(=O)c1ccc(C)cc1. The number of anilines is 1. The van der Waals surface area contributed by atoms with Gasteiger partial charge in [-0.25, -0.2) is 8.42 Å². The zero-order valence-electron chi connectivity index (χ0n) is 26.6. The Kier molecular flexibility index (Phi) is 12.2. The summed E-state index contributed by atoms with van der Waals surface area (Å²) < 4.78 is 40.3. The van der Waals surface area contributed by atoms with E-state index in [0.717, 1.165) is 42.0 Å². The van der Waals surface area contributed by atoms with Crippen LogP contribution >= 0.6 is 23.2 Å². The van der Waals surface area contributed by atoms with Crippen molar-refractivity contribution in [1.82, 2.24) is 10.2 Å². The second-order valence-corrected chi connectivity index (χ2v) is 14.1. The quantitative estimate of drug-likeness (QED) is 0.212. The molecule has 0 unspecified atom stereocenters. The average Bonchev–Trinajstić information content (AvgIpc) is 3.04. The van der Waals surface area contributed by atoms with Gasteiger partial charge in [0.05, 0.1) is 24.8 Å². The molecule has 12 heteroatoms. The molecular formula is C34H41Cl2N3O6S. The molecule has 1 fully saturated rings. The van der Waals surface area contributed by atoms with Crippen LogP contribution in [0.2, 0.25) is 10.0 Å². The van der Waals surface area contributed by atoms with Crippen LogP contribution in [0, 0.1) is 6.92 Å². The lowest BCUT2D eigenvalue weighted by Crippen LogP contribution is -2.54. The van der Waals surface area contributed by atoms with Gasteiger partial charge in [-0.15, -0.1) is 0 Å². The van der Waals surface area contributed by atoms with Gasteiger partial charge in [0.2, 0.25) is 11.8 Å². The summed E-state index contributed by atoms with van der Waals surface area (Å²) in [6.07, 6.45) is 5.24. The Morgan fingerprint density at radius 1 is 0.935 bits per heavy atom. The van der Waals surface area contributed by atoms with Crippen LogP contribution in [0.15, 0.2) is 65.6 Å². The Hall–Kier alpha value is -3.47. The number of sulfonamides is 1. The normalized spacial score (nSPS) is 14.3. The van der Waals surface area contributed by atoms with Crippen LogP contribution in [-0.4, -0.2) is 58.0 Å². The smallest absolute Gasteiger partial charge is 0.264 e. The van der Waals surface area contributed by atoms with Gasteiger partial charge in [-0.1, -0.05) is 73.2 Å². The van der Waals surface area contributed by atoms with Gasteiger partial charge in [0.1, 0.15) is 12.6 Å². The number of hydrogen-bond acceptors (Lipinski definition) is 6. The van der Waals surface area contributed by atoms with Crippen LogP contribution in [0.4, 0.5) is 5.69 Å². The highest BCUT2D eigenvalue weighted by Crippen LogP contribution is 2.34. The molecule has 46 heavy (non-hydrogen) atoms. The summed E-state index contributed by atoms with van der Waals surface area (Å²) in [6, 6.07) is 15.1. The van der Waals surface area contributed by atoms with Crippen molar-refractivity contribution in [2.45, 2.75) is 75.9 Å². The molecule has 3 aromatic rings. The van der Waals surface area contributed by atoms with Gasteiger partial charge < -0.3 is 19.7 Å². The maximum Gasteiger partial charge on any atom is 0.264 e. The topological polar surface area (TPSA) is 105 Å². The van der Waals surface area contributed by atoms with E-state index in [2.05, 4.69) is 5.32 Å². The lowest BCUT2D eigenvalue weighted by molar-refractivity contribution is -0.140. The van der Waals surface area contributed by atoms with E-state index in [1.807, 2.05) is 13.8 Å². The fraction of sp³-hybridized carbons (Fsp3) is 0.412. The van der Waals surface area contributed by atoms with E-state index in [1.54, 1.807) is 42.5 Å². The summed E-state index contributed by atoms with van der Waals surface area (Å²) in [5, 5.41) is 3.90. The summed E-state index contributed by atoms with van der Waals surface area (Å²) in [5.74, 6) is -0.177. The Morgan fingerprint density at radius 2 is 1.61 bits per heavy atom. The summed E-state index contributed by atoms with van der Waals surface area (Å²) in [7, 11) is -1.34. The predicted molar refractivity (Wildman–Crippen MR) is 181 cm³/mol. The first-order valence-corrected chi connectivity index (χ1v) is 17.5. The molecule has 3 aromatic carbocycles. The van der Waals surface area contributed by atoms with Crippen molar-refractivity contribution >= 4 is 50.7 Å². The number of aryl methyl sites for hydroxylation is 1. The van der Waals surface area contributed by atoms with E-state index >= 15 is 0 Å². The minimum Gasteiger partial charge on any atom is -0.493 e. The molecule has 2 amide bonds. The fourth-order valence-corrected chi connectivity index (χ4v) is 7.52. The van der Waals surface area contributed by atoms with Crippen molar-refractivity contribution in [1.29, 1.82) is 0 Å². The van der Waals surface area contributed by atoms with Gasteiger partial charge in [0, 0.05) is 28.7 Å². The summed E-state index contributed by atoms with van der Waals surface area (Å²) in [4.78, 5) is 29.6. The summed E-state index contributed by atoms with van der Waals surface area (Å²) in [6.45, 7) is 3.05. The van der Waals surface area contributed by atoms with Gasteiger partial charge in [0.25, 0.3) is 10.0 Å². The lowest BCUT2D eigenvalue weighted by atomic mass is 9.95. The van der Waals surface area contributed by atoms with E-state index in [0.29, 0.717) is 33.5 Å². The van der Waals surface area contributed by atoms with Crippen molar-refractivity contribution in [3.8, 4) is 11.5 Å². The second-order valence-electron chi connectivity index (χ2n) is 11.4. The Morgan fingerprint density at radius 3 is 2.22 bits per heavy atom. The number of benzene rings is 3. The number of carbonyl (C=O) groups excluding carboxylic acids is 2. The molecule has 0 saturated heterocycles. The van der Waals surface area contributed by atoms with Crippen molar-refractivity contribution < 1.29 is 27.5 Å². The third kappa shape index (κ3) is 8.46. The summed E-state index contributed by atoms with van der Waals surface area (Å²) >= 11 is 12.7. The molecule has 1 aliphatic carbocycles. The van der Waals surface area contributed by atoms with Crippen molar-refractivity contribution in [3.63, 3.8) is 0 Å². The molecule has 248 valence electrons. The standard InChI is InChI=1S/C34H41Cl2N3O6S/c1-5-30(34(41)37-26-9-7-6-8-10-26)38(21-24-13-14-25(35)19-29(24)36)33(40)22-39(27-15-18-31(44-3)32(20-27)45-4)46(42,43)28-16-11-23(2)12-17-28/h11-20,26,30H,5-10,21-22H2,1-4H3,(H,37,41)/t30-/m0/s1. The number of ether oxygens (including phenoxy) is 2. The number of methoxy groups -OCH3 is 2. The van der Waals surface area contributed by atoms with Crippen LogP contribution in [0.3, 0.4) is 0 Å². The monoisotopic (exact) mass is 689 g/mol.